The second-order valence-corrected chi connectivity index (χ2v) is 6.57. The van der Waals surface area contributed by atoms with Gasteiger partial charge in [0.1, 0.15) is 5.82 Å². The molecule has 1 aliphatic heterocycles. The molecule has 2 N–H and O–H groups in total. The first kappa shape index (κ1) is 18.1. The van der Waals surface area contributed by atoms with E-state index >= 15 is 0 Å². The first-order valence-electron chi connectivity index (χ1n) is 7.84. The lowest BCUT2D eigenvalue weighted by atomic mass is 10.1. The summed E-state index contributed by atoms with van der Waals surface area (Å²) in [6.45, 7) is 0.105. The van der Waals surface area contributed by atoms with Crippen LogP contribution in [0.25, 0.3) is 0 Å². The number of halogens is 2. The van der Waals surface area contributed by atoms with Gasteiger partial charge < -0.3 is 10.6 Å². The first-order valence-corrected chi connectivity index (χ1v) is 8.63. The molecule has 1 aliphatic rings. The van der Waals surface area contributed by atoms with Crippen LogP contribution >= 0.6 is 15.9 Å². The Balaban J connectivity index is 1.74. The topological polar surface area (TPSA) is 78.5 Å². The zero-order valence-electron chi connectivity index (χ0n) is 13.6. The van der Waals surface area contributed by atoms with E-state index in [-0.39, 0.29) is 31.4 Å². The molecule has 3 rings (SSSR count). The molecule has 0 bridgehead atoms. The Morgan fingerprint density at radius 1 is 1.19 bits per heavy atom. The number of rotatable bonds is 5. The zero-order chi connectivity index (χ0) is 18.7. The molecule has 0 saturated carbocycles. The number of hydrogen-bond acceptors (Lipinski definition) is 3. The highest BCUT2D eigenvalue weighted by Crippen LogP contribution is 2.18. The van der Waals surface area contributed by atoms with Crippen LogP contribution in [0, 0.1) is 5.82 Å². The second-order valence-electron chi connectivity index (χ2n) is 5.71. The Kier molecular flexibility index (Phi) is 5.32. The van der Waals surface area contributed by atoms with Crippen molar-refractivity contribution in [2.45, 2.75) is 13.1 Å². The maximum absolute atomic E-state index is 13.4. The van der Waals surface area contributed by atoms with E-state index in [0.29, 0.717) is 21.2 Å². The van der Waals surface area contributed by atoms with Crippen LogP contribution in [-0.4, -0.2) is 29.3 Å². The monoisotopic (exact) mass is 419 g/mol. The smallest absolute Gasteiger partial charge is 0.324 e. The van der Waals surface area contributed by atoms with Crippen LogP contribution in [0.5, 0.6) is 0 Å². The van der Waals surface area contributed by atoms with Crippen molar-refractivity contribution in [3.8, 4) is 0 Å². The number of hydrogen-bond donors (Lipinski definition) is 2. The summed E-state index contributed by atoms with van der Waals surface area (Å²) in [6.07, 6.45) is 0. The molecule has 2 aromatic rings. The van der Waals surface area contributed by atoms with E-state index in [1.807, 2.05) is 0 Å². The van der Waals surface area contributed by atoms with Crippen molar-refractivity contribution in [2.24, 2.45) is 0 Å². The van der Waals surface area contributed by atoms with E-state index < -0.39 is 11.8 Å². The predicted molar refractivity (Wildman–Crippen MR) is 95.7 cm³/mol. The molecule has 0 atom stereocenters. The van der Waals surface area contributed by atoms with Gasteiger partial charge in [-0.3, -0.25) is 14.5 Å². The molecule has 8 heteroatoms. The summed E-state index contributed by atoms with van der Waals surface area (Å²) in [6, 6.07) is 10.5. The molecule has 1 saturated heterocycles. The van der Waals surface area contributed by atoms with E-state index in [2.05, 4.69) is 26.6 Å². The van der Waals surface area contributed by atoms with E-state index in [4.69, 9.17) is 0 Å². The largest absolute Gasteiger partial charge is 0.348 e. The van der Waals surface area contributed by atoms with Crippen molar-refractivity contribution in [1.82, 2.24) is 15.5 Å². The highest BCUT2D eigenvalue weighted by atomic mass is 79.9. The summed E-state index contributed by atoms with van der Waals surface area (Å²) >= 11 is 3.32. The Labute approximate surface area is 157 Å². The maximum Gasteiger partial charge on any atom is 0.324 e. The van der Waals surface area contributed by atoms with Gasteiger partial charge in [-0.1, -0.05) is 34.1 Å². The van der Waals surface area contributed by atoms with Crippen molar-refractivity contribution in [3.63, 3.8) is 0 Å². The quantitative estimate of drug-likeness (QED) is 0.730. The average Bonchev–Trinajstić information content (AvgIpc) is 2.94. The highest BCUT2D eigenvalue weighted by molar-refractivity contribution is 9.10. The van der Waals surface area contributed by atoms with Crippen molar-refractivity contribution in [3.05, 3.63) is 69.4 Å². The standard InChI is InChI=1S/C18H15BrFN3O3/c19-15-6-5-13(20)7-12(15)8-21-17(25)14-4-2-1-3-11(14)10-23-16(24)9-22-18(23)26/h1-7H,8-10H2,(H,21,25)(H,22,26). The predicted octanol–water partition coefficient (Wildman–Crippen LogP) is 2.57. The van der Waals surface area contributed by atoms with Gasteiger partial charge in [-0.15, -0.1) is 0 Å². The van der Waals surface area contributed by atoms with Crippen molar-refractivity contribution < 1.29 is 18.8 Å². The molecule has 0 unspecified atom stereocenters. The number of carbonyl (C=O) groups excluding carboxylic acids is 3. The van der Waals surface area contributed by atoms with Gasteiger partial charge in [0.05, 0.1) is 13.1 Å². The van der Waals surface area contributed by atoms with Crippen LogP contribution in [0.3, 0.4) is 0 Å². The summed E-state index contributed by atoms with van der Waals surface area (Å²) < 4.78 is 14.0. The minimum atomic E-state index is -0.478. The lowest BCUT2D eigenvalue weighted by Gasteiger charge is -2.15. The second kappa shape index (κ2) is 7.65. The molecular formula is C18H15BrFN3O3. The Hall–Kier alpha value is -2.74. The molecule has 134 valence electrons. The van der Waals surface area contributed by atoms with E-state index in [1.54, 1.807) is 30.3 Å². The van der Waals surface area contributed by atoms with Crippen molar-refractivity contribution in [2.75, 3.05) is 6.54 Å². The molecule has 0 aliphatic carbocycles. The Morgan fingerprint density at radius 3 is 2.69 bits per heavy atom. The molecule has 0 aromatic heterocycles. The van der Waals surface area contributed by atoms with Crippen molar-refractivity contribution >= 4 is 33.8 Å². The number of amides is 4. The summed E-state index contributed by atoms with van der Waals surface area (Å²) in [5.74, 6) is -1.10. The summed E-state index contributed by atoms with van der Waals surface area (Å²) in [4.78, 5) is 37.1. The fourth-order valence-corrected chi connectivity index (χ4v) is 3.00. The van der Waals surface area contributed by atoms with E-state index in [1.165, 1.54) is 12.1 Å². The Morgan fingerprint density at radius 2 is 1.96 bits per heavy atom. The van der Waals surface area contributed by atoms with E-state index in [9.17, 15) is 18.8 Å². The SMILES string of the molecule is O=C(NCc1cc(F)ccc1Br)c1ccccc1CN1C(=O)CNC1=O. The van der Waals surface area contributed by atoms with Crippen LogP contribution in [0.2, 0.25) is 0 Å². The van der Waals surface area contributed by atoms with Crippen LogP contribution in [0.4, 0.5) is 9.18 Å². The summed E-state index contributed by atoms with van der Waals surface area (Å²) in [5.41, 5.74) is 1.51. The number of nitrogens with one attached hydrogen (secondary N) is 2. The number of urea groups is 1. The highest BCUT2D eigenvalue weighted by Gasteiger charge is 2.29. The maximum atomic E-state index is 13.4. The fourth-order valence-electron chi connectivity index (χ4n) is 2.61. The number of benzene rings is 2. The molecule has 1 fully saturated rings. The number of carbonyl (C=O) groups is 3. The van der Waals surface area contributed by atoms with Crippen LogP contribution < -0.4 is 10.6 Å². The van der Waals surface area contributed by atoms with Gasteiger partial charge in [0.25, 0.3) is 5.91 Å². The lowest BCUT2D eigenvalue weighted by Crippen LogP contribution is -2.32. The van der Waals surface area contributed by atoms with Crippen LogP contribution in [0.1, 0.15) is 21.5 Å². The molecule has 6 nitrogen and oxygen atoms in total. The van der Waals surface area contributed by atoms with Gasteiger partial charge in [-0.05, 0) is 35.4 Å². The van der Waals surface area contributed by atoms with Gasteiger partial charge in [0.15, 0.2) is 0 Å². The minimum absolute atomic E-state index is 0.0118. The molecule has 2 aromatic carbocycles. The lowest BCUT2D eigenvalue weighted by molar-refractivity contribution is -0.125. The molecule has 4 amide bonds. The van der Waals surface area contributed by atoms with Crippen molar-refractivity contribution in [1.29, 1.82) is 0 Å². The van der Waals surface area contributed by atoms with Crippen LogP contribution in [0.15, 0.2) is 46.9 Å². The van der Waals surface area contributed by atoms with Crippen LogP contribution in [-0.2, 0) is 17.9 Å². The van der Waals surface area contributed by atoms with Gasteiger partial charge >= 0.3 is 6.03 Å². The fraction of sp³-hybridized carbons (Fsp3) is 0.167. The minimum Gasteiger partial charge on any atom is -0.348 e. The Bertz CT molecular complexity index is 872. The molecule has 1 heterocycles. The average molecular weight is 420 g/mol. The number of nitrogens with zero attached hydrogens (tertiary/aromatic N) is 1. The first-order chi connectivity index (χ1) is 12.5. The molecular weight excluding hydrogens is 405 g/mol. The third-order valence-corrected chi connectivity index (χ3v) is 4.75. The van der Waals surface area contributed by atoms with Gasteiger partial charge in [-0.25, -0.2) is 9.18 Å². The van der Waals surface area contributed by atoms with Gasteiger partial charge in [0, 0.05) is 16.6 Å². The normalized spacial score (nSPS) is 13.7. The van der Waals surface area contributed by atoms with Gasteiger partial charge in [0.2, 0.25) is 5.91 Å². The molecule has 0 radical (unpaired) electrons. The molecule has 0 spiro atoms. The molecule has 26 heavy (non-hydrogen) atoms. The summed E-state index contributed by atoms with van der Waals surface area (Å²) in [7, 11) is 0. The van der Waals surface area contributed by atoms with Gasteiger partial charge in [-0.2, -0.15) is 0 Å². The van der Waals surface area contributed by atoms with E-state index in [0.717, 1.165) is 4.90 Å². The summed E-state index contributed by atoms with van der Waals surface area (Å²) in [5, 5.41) is 5.17. The third kappa shape index (κ3) is 3.91. The number of imide groups is 1. The zero-order valence-corrected chi connectivity index (χ0v) is 15.2. The third-order valence-electron chi connectivity index (χ3n) is 3.97.